The molecule has 0 unspecified atom stereocenters. The van der Waals surface area contributed by atoms with Crippen molar-refractivity contribution in [3.63, 3.8) is 0 Å². The van der Waals surface area contributed by atoms with Crippen molar-refractivity contribution in [3.8, 4) is 17.3 Å². The summed E-state index contributed by atoms with van der Waals surface area (Å²) < 4.78 is 10.2. The average molecular weight is 584 g/mol. The van der Waals surface area contributed by atoms with Crippen LogP contribution in [0.5, 0.6) is 5.75 Å². The fraction of sp³-hybridized carbons (Fsp3) is 0.515. The molecule has 1 saturated carbocycles. The number of rotatable bonds is 3. The number of fused-ring (bicyclic) bond motifs is 4. The van der Waals surface area contributed by atoms with Gasteiger partial charge in [-0.25, -0.2) is 9.97 Å². The third-order valence-corrected chi connectivity index (χ3v) is 9.92. The van der Waals surface area contributed by atoms with Crippen molar-refractivity contribution in [1.82, 2.24) is 29.3 Å². The Kier molecular flexibility index (Phi) is 7.12. The van der Waals surface area contributed by atoms with Gasteiger partial charge in [0.25, 0.3) is 5.91 Å². The quantitative estimate of drug-likeness (QED) is 0.361. The minimum Gasteiger partial charge on any atom is -0.494 e. The van der Waals surface area contributed by atoms with Crippen LogP contribution in [0.25, 0.3) is 33.6 Å². The second kappa shape index (κ2) is 11.0. The van der Waals surface area contributed by atoms with E-state index in [0.717, 1.165) is 97.3 Å². The fourth-order valence-electron chi connectivity index (χ4n) is 7.53. The van der Waals surface area contributed by atoms with Gasteiger partial charge in [-0.3, -0.25) is 9.59 Å². The summed E-state index contributed by atoms with van der Waals surface area (Å²) in [5.74, 6) is 1.88. The first-order valence-corrected chi connectivity index (χ1v) is 15.7. The third-order valence-electron chi connectivity index (χ3n) is 9.92. The molecule has 0 spiro atoms. The molecule has 2 aliphatic heterocycles. The smallest absolute Gasteiger partial charge is 0.254 e. The lowest BCUT2D eigenvalue weighted by Gasteiger charge is -2.27. The maximum Gasteiger partial charge on any atom is 0.254 e. The second-order valence-electron chi connectivity index (χ2n) is 12.6. The highest BCUT2D eigenvalue weighted by Crippen LogP contribution is 2.39. The van der Waals surface area contributed by atoms with E-state index in [1.54, 1.807) is 7.11 Å². The Morgan fingerprint density at radius 2 is 1.88 bits per heavy atom. The maximum absolute atomic E-state index is 13.7. The maximum atomic E-state index is 13.7. The van der Waals surface area contributed by atoms with Gasteiger partial charge in [0.1, 0.15) is 16.9 Å². The summed E-state index contributed by atoms with van der Waals surface area (Å²) in [6.45, 7) is 3.53. The monoisotopic (exact) mass is 583 g/mol. The van der Waals surface area contributed by atoms with Crippen molar-refractivity contribution < 1.29 is 14.3 Å². The van der Waals surface area contributed by atoms with E-state index in [2.05, 4.69) is 26.6 Å². The number of carbonyl (C=O) groups excluding carboxylic acids is 2. The summed E-state index contributed by atoms with van der Waals surface area (Å²) in [5.41, 5.74) is 11.3. The number of imidazole rings is 1. The molecule has 43 heavy (non-hydrogen) atoms. The van der Waals surface area contributed by atoms with Crippen LogP contribution in [-0.2, 0) is 18.4 Å². The molecule has 10 heteroatoms. The van der Waals surface area contributed by atoms with E-state index in [1.165, 1.54) is 0 Å². The summed E-state index contributed by atoms with van der Waals surface area (Å²) >= 11 is 0. The van der Waals surface area contributed by atoms with E-state index in [4.69, 9.17) is 20.4 Å². The normalized spacial score (nSPS) is 24.6. The molecular formula is C33H41N7O3. The van der Waals surface area contributed by atoms with Gasteiger partial charge < -0.3 is 29.8 Å². The predicted octanol–water partition coefficient (Wildman–Crippen LogP) is 4.69. The van der Waals surface area contributed by atoms with E-state index in [9.17, 15) is 9.59 Å². The Bertz CT molecular complexity index is 1720. The third kappa shape index (κ3) is 4.76. The molecule has 2 fully saturated rings. The number of aromatic nitrogens is 4. The number of benzene rings is 1. The lowest BCUT2D eigenvalue weighted by molar-refractivity contribution is -0.121. The lowest BCUT2D eigenvalue weighted by atomic mass is 10.1. The largest absolute Gasteiger partial charge is 0.494 e. The van der Waals surface area contributed by atoms with Crippen molar-refractivity contribution in [3.05, 3.63) is 41.6 Å². The zero-order chi connectivity index (χ0) is 29.8. The molecular weight excluding hydrogens is 542 g/mol. The Morgan fingerprint density at radius 1 is 1.07 bits per heavy atom. The molecule has 2 amide bonds. The number of nitrogens with two attached hydrogens (primary N) is 1. The van der Waals surface area contributed by atoms with Gasteiger partial charge in [-0.05, 0) is 68.9 Å². The highest BCUT2D eigenvalue weighted by molar-refractivity contribution is 6.00. The number of hydrogen-bond donors (Lipinski definition) is 2. The van der Waals surface area contributed by atoms with Gasteiger partial charge in [-0.2, -0.15) is 0 Å². The Morgan fingerprint density at radius 3 is 2.65 bits per heavy atom. The summed E-state index contributed by atoms with van der Waals surface area (Å²) in [5, 5.41) is 4.15. The zero-order valence-corrected chi connectivity index (χ0v) is 25.3. The second-order valence-corrected chi connectivity index (χ2v) is 12.6. The molecule has 10 nitrogen and oxygen atoms in total. The minimum atomic E-state index is -0.178. The zero-order valence-electron chi connectivity index (χ0n) is 25.3. The molecule has 7 rings (SSSR count). The number of piperidine rings is 1. The predicted molar refractivity (Wildman–Crippen MR) is 166 cm³/mol. The first-order valence-electron chi connectivity index (χ1n) is 15.7. The lowest BCUT2D eigenvalue weighted by Crippen LogP contribution is -2.41. The van der Waals surface area contributed by atoms with Gasteiger partial charge in [0, 0.05) is 49.6 Å². The number of hydrogen-bond acceptors (Lipinski definition) is 6. The number of likely N-dealkylation sites (tertiary alicyclic amines) is 1. The number of pyridine rings is 1. The van der Waals surface area contributed by atoms with Crippen LogP contribution < -0.4 is 15.8 Å². The SMILES string of the molecule is COc1cc(C(=O)N2C[C@H]3CC[C@@H]2[C@@H]3N)cc2nc(-c3cc4ccc5nc4n3CCCCCCCC(=O)N[C@@H]5C)n(C)c12. The van der Waals surface area contributed by atoms with Gasteiger partial charge in [0.15, 0.2) is 5.82 Å². The van der Waals surface area contributed by atoms with Gasteiger partial charge in [0.05, 0.1) is 30.1 Å². The van der Waals surface area contributed by atoms with E-state index in [0.29, 0.717) is 23.7 Å². The summed E-state index contributed by atoms with van der Waals surface area (Å²) in [7, 11) is 3.64. The van der Waals surface area contributed by atoms with Crippen LogP contribution in [0.3, 0.4) is 0 Å². The summed E-state index contributed by atoms with van der Waals surface area (Å²) in [6.07, 6.45) is 7.77. The van der Waals surface area contributed by atoms with Crippen molar-refractivity contribution in [2.45, 2.75) is 83.0 Å². The van der Waals surface area contributed by atoms with Crippen LogP contribution in [-0.4, -0.2) is 61.6 Å². The Hall–Kier alpha value is -3.92. The topological polar surface area (TPSA) is 120 Å². The van der Waals surface area contributed by atoms with Crippen molar-refractivity contribution in [2.75, 3.05) is 13.7 Å². The molecule has 226 valence electrons. The van der Waals surface area contributed by atoms with Crippen LogP contribution in [0.4, 0.5) is 0 Å². The summed E-state index contributed by atoms with van der Waals surface area (Å²) in [6, 6.07) is 9.97. The van der Waals surface area contributed by atoms with Crippen molar-refractivity contribution in [1.29, 1.82) is 0 Å². The van der Waals surface area contributed by atoms with Crippen LogP contribution >= 0.6 is 0 Å². The first-order chi connectivity index (χ1) is 20.8. The number of ether oxygens (including phenoxy) is 1. The van der Waals surface area contributed by atoms with E-state index in [1.807, 2.05) is 37.1 Å². The molecule has 4 aromatic rings. The molecule has 1 saturated heterocycles. The first kappa shape index (κ1) is 27.9. The number of carbonyl (C=O) groups is 2. The number of methoxy groups -OCH3 is 1. The number of aryl methyl sites for hydroxylation is 2. The number of nitrogens with zero attached hydrogens (tertiary/aromatic N) is 5. The molecule has 4 atom stereocenters. The summed E-state index contributed by atoms with van der Waals surface area (Å²) in [4.78, 5) is 38.3. The number of nitrogens with one attached hydrogen (secondary N) is 1. The average Bonchev–Trinajstić information content (AvgIpc) is 3.74. The van der Waals surface area contributed by atoms with Gasteiger partial charge in [0.2, 0.25) is 5.91 Å². The standard InChI is InChI=1S/C33H41N7O3/c1-19-23-12-10-20-16-26(39(31(20)36-23)14-8-6-4-5-7-9-28(41)35-19)32-37-24-15-22(17-27(43-3)30(24)38(32)2)33(42)40-18-21-11-13-25(40)29(21)34/h10,12,15-17,19,21,25,29H,4-9,11,13-14,18,34H2,1-3H3,(H,35,41)/t19-,21-,25-,29-/m1/s1. The fourth-order valence-corrected chi connectivity index (χ4v) is 7.53. The van der Waals surface area contributed by atoms with Crippen LogP contribution in [0.15, 0.2) is 30.3 Å². The van der Waals surface area contributed by atoms with Gasteiger partial charge in [-0.1, -0.05) is 19.3 Å². The molecule has 4 bridgehead atoms. The van der Waals surface area contributed by atoms with Gasteiger partial charge in [-0.15, -0.1) is 0 Å². The van der Waals surface area contributed by atoms with Gasteiger partial charge >= 0.3 is 0 Å². The van der Waals surface area contributed by atoms with E-state index >= 15 is 0 Å². The Labute approximate surface area is 251 Å². The highest BCUT2D eigenvalue weighted by atomic mass is 16.5. The molecule has 0 radical (unpaired) electrons. The van der Waals surface area contributed by atoms with Crippen LogP contribution in [0.2, 0.25) is 0 Å². The minimum absolute atomic E-state index is 0.00438. The van der Waals surface area contributed by atoms with Crippen molar-refractivity contribution in [2.24, 2.45) is 18.7 Å². The molecule has 3 aromatic heterocycles. The highest BCUT2D eigenvalue weighted by Gasteiger charge is 2.47. The molecule has 1 aromatic carbocycles. The number of amides is 2. The van der Waals surface area contributed by atoms with Crippen molar-refractivity contribution >= 4 is 33.9 Å². The molecule has 3 aliphatic rings. The molecule has 1 aliphatic carbocycles. The molecule has 5 heterocycles. The molecule has 3 N–H and O–H groups in total. The van der Waals surface area contributed by atoms with E-state index in [-0.39, 0.29) is 29.9 Å². The van der Waals surface area contributed by atoms with E-state index < -0.39 is 0 Å². The van der Waals surface area contributed by atoms with Crippen LogP contribution in [0, 0.1) is 5.92 Å². The Balaban J connectivity index is 1.31. The van der Waals surface area contributed by atoms with Crippen LogP contribution in [0.1, 0.15) is 80.4 Å².